The number of nitrogens with zero attached hydrogens (tertiary/aromatic N) is 2. The molecule has 0 bridgehead atoms. The first-order chi connectivity index (χ1) is 19.4. The van der Waals surface area contributed by atoms with E-state index >= 15 is 0 Å². The maximum atomic E-state index is 13.4. The van der Waals surface area contributed by atoms with Crippen LogP contribution in [0.4, 0.5) is 0 Å². The minimum absolute atomic E-state index is 0.0114. The smallest absolute Gasteiger partial charge is 0.253 e. The first-order valence-corrected chi connectivity index (χ1v) is 14.1. The van der Waals surface area contributed by atoms with Gasteiger partial charge in [-0.15, -0.1) is 0 Å². The third-order valence-electron chi connectivity index (χ3n) is 7.94. The summed E-state index contributed by atoms with van der Waals surface area (Å²) in [5.74, 6) is 2.09. The predicted molar refractivity (Wildman–Crippen MR) is 155 cm³/mol. The number of amides is 1. The molecule has 2 heterocycles. The van der Waals surface area contributed by atoms with Crippen LogP contribution in [0.2, 0.25) is 0 Å². The Kier molecular flexibility index (Phi) is 8.62. The Labute approximate surface area is 237 Å². The first-order valence-electron chi connectivity index (χ1n) is 14.1. The van der Waals surface area contributed by atoms with Gasteiger partial charge in [0.2, 0.25) is 0 Å². The van der Waals surface area contributed by atoms with Crippen molar-refractivity contribution in [2.24, 2.45) is 0 Å². The summed E-state index contributed by atoms with van der Waals surface area (Å²) in [6.07, 6.45) is 1.62. The standard InChI is InChI=1S/C33H40N2O5/c1-24(2)40-30-15-12-27(20-31(30)38-4)32(36)34-18-16-33(17-19-34)23-35(21-25-10-13-28(37-3)14-11-25)29(22-39-33)26-8-6-5-7-9-26/h5-15,20,24,29H,16-19,21-23H2,1-4H3. The highest BCUT2D eigenvalue weighted by atomic mass is 16.5. The van der Waals surface area contributed by atoms with E-state index in [1.54, 1.807) is 20.3 Å². The zero-order valence-electron chi connectivity index (χ0n) is 24.0. The topological polar surface area (TPSA) is 60.5 Å². The van der Waals surface area contributed by atoms with Gasteiger partial charge in [0.15, 0.2) is 11.5 Å². The fraction of sp³-hybridized carbons (Fsp3) is 0.424. The zero-order chi connectivity index (χ0) is 28.1. The second-order valence-electron chi connectivity index (χ2n) is 11.0. The Morgan fingerprint density at radius 1 is 0.950 bits per heavy atom. The molecule has 0 saturated carbocycles. The van der Waals surface area contributed by atoms with Gasteiger partial charge in [-0.3, -0.25) is 9.69 Å². The van der Waals surface area contributed by atoms with E-state index in [4.69, 9.17) is 18.9 Å². The number of hydrogen-bond donors (Lipinski definition) is 0. The molecule has 7 heteroatoms. The minimum Gasteiger partial charge on any atom is -0.497 e. The van der Waals surface area contributed by atoms with Gasteiger partial charge in [0.05, 0.1) is 38.6 Å². The van der Waals surface area contributed by atoms with E-state index in [-0.39, 0.29) is 23.7 Å². The van der Waals surface area contributed by atoms with Crippen LogP contribution in [-0.2, 0) is 11.3 Å². The Bertz CT molecular complexity index is 1270. The molecule has 40 heavy (non-hydrogen) atoms. The first kappa shape index (κ1) is 28.0. The molecule has 0 N–H and O–H groups in total. The van der Waals surface area contributed by atoms with Gasteiger partial charge in [-0.1, -0.05) is 42.5 Å². The van der Waals surface area contributed by atoms with E-state index in [1.165, 1.54) is 11.1 Å². The molecule has 2 fully saturated rings. The van der Waals surface area contributed by atoms with E-state index in [2.05, 4.69) is 47.4 Å². The number of methoxy groups -OCH3 is 2. The molecule has 0 radical (unpaired) electrons. The number of carbonyl (C=O) groups excluding carboxylic acids is 1. The number of piperidine rings is 1. The van der Waals surface area contributed by atoms with Crippen molar-refractivity contribution in [1.29, 1.82) is 0 Å². The van der Waals surface area contributed by atoms with Gasteiger partial charge in [-0.05, 0) is 68.1 Å². The highest BCUT2D eigenvalue weighted by molar-refractivity contribution is 5.95. The number of rotatable bonds is 8. The number of hydrogen-bond acceptors (Lipinski definition) is 6. The van der Waals surface area contributed by atoms with Crippen molar-refractivity contribution < 1.29 is 23.7 Å². The van der Waals surface area contributed by atoms with Crippen molar-refractivity contribution in [3.8, 4) is 17.2 Å². The largest absolute Gasteiger partial charge is 0.497 e. The van der Waals surface area contributed by atoms with Crippen LogP contribution in [0.1, 0.15) is 54.2 Å². The molecule has 3 aromatic carbocycles. The molecule has 2 saturated heterocycles. The highest BCUT2D eigenvalue weighted by Gasteiger charge is 2.44. The van der Waals surface area contributed by atoms with Crippen LogP contribution >= 0.6 is 0 Å². The van der Waals surface area contributed by atoms with Crippen molar-refractivity contribution in [3.05, 3.63) is 89.5 Å². The van der Waals surface area contributed by atoms with E-state index in [0.717, 1.165) is 31.7 Å². The highest BCUT2D eigenvalue weighted by Crippen LogP contribution is 2.38. The normalized spacial score (nSPS) is 19.0. The summed E-state index contributed by atoms with van der Waals surface area (Å²) in [7, 11) is 3.29. The molecule has 2 aliphatic rings. The SMILES string of the molecule is COc1ccc(CN2CC3(CCN(C(=O)c4ccc(OC(C)C)c(OC)c4)CC3)OCC2c2ccccc2)cc1. The van der Waals surface area contributed by atoms with Crippen molar-refractivity contribution in [2.75, 3.05) is 40.5 Å². The van der Waals surface area contributed by atoms with Crippen LogP contribution in [0.3, 0.4) is 0 Å². The predicted octanol–water partition coefficient (Wildman–Crippen LogP) is 5.74. The maximum absolute atomic E-state index is 13.4. The average Bonchev–Trinajstić information content (AvgIpc) is 2.98. The summed E-state index contributed by atoms with van der Waals surface area (Å²) < 4.78 is 23.3. The van der Waals surface area contributed by atoms with Crippen LogP contribution in [0.5, 0.6) is 17.2 Å². The van der Waals surface area contributed by atoms with Gasteiger partial charge in [0.25, 0.3) is 5.91 Å². The molecule has 212 valence electrons. The van der Waals surface area contributed by atoms with Crippen LogP contribution in [0.15, 0.2) is 72.8 Å². The van der Waals surface area contributed by atoms with Crippen LogP contribution in [-0.4, -0.2) is 67.9 Å². The Morgan fingerprint density at radius 2 is 1.68 bits per heavy atom. The number of ether oxygens (including phenoxy) is 4. The second-order valence-corrected chi connectivity index (χ2v) is 11.0. The average molecular weight is 545 g/mol. The third-order valence-corrected chi connectivity index (χ3v) is 7.94. The summed E-state index contributed by atoms with van der Waals surface area (Å²) in [5, 5.41) is 0. The molecule has 2 aliphatic heterocycles. The summed E-state index contributed by atoms with van der Waals surface area (Å²) in [6.45, 7) is 7.50. The number of carbonyl (C=O) groups is 1. The quantitative estimate of drug-likeness (QED) is 0.361. The van der Waals surface area contributed by atoms with Gasteiger partial charge < -0.3 is 23.8 Å². The lowest BCUT2D eigenvalue weighted by Crippen LogP contribution is -2.58. The van der Waals surface area contributed by atoms with Gasteiger partial charge in [0.1, 0.15) is 5.75 Å². The minimum atomic E-state index is -0.277. The molecule has 0 aliphatic carbocycles. The summed E-state index contributed by atoms with van der Waals surface area (Å²) >= 11 is 0. The van der Waals surface area contributed by atoms with Crippen molar-refractivity contribution in [1.82, 2.24) is 9.80 Å². The van der Waals surface area contributed by atoms with Crippen molar-refractivity contribution >= 4 is 5.91 Å². The molecule has 1 spiro atoms. The lowest BCUT2D eigenvalue weighted by Gasteiger charge is -2.50. The van der Waals surface area contributed by atoms with Crippen LogP contribution < -0.4 is 14.2 Å². The van der Waals surface area contributed by atoms with E-state index in [9.17, 15) is 4.79 Å². The van der Waals surface area contributed by atoms with Gasteiger partial charge in [0, 0.05) is 31.7 Å². The molecular formula is C33H40N2O5. The summed E-state index contributed by atoms with van der Waals surface area (Å²) in [4.78, 5) is 17.9. The fourth-order valence-electron chi connectivity index (χ4n) is 5.76. The van der Waals surface area contributed by atoms with Gasteiger partial charge >= 0.3 is 0 Å². The monoisotopic (exact) mass is 544 g/mol. The number of likely N-dealkylation sites (tertiary alicyclic amines) is 1. The Morgan fingerprint density at radius 3 is 2.33 bits per heavy atom. The third kappa shape index (κ3) is 6.26. The Balaban J connectivity index is 1.28. The summed E-state index contributed by atoms with van der Waals surface area (Å²) in [5.41, 5.74) is 2.84. The van der Waals surface area contributed by atoms with Crippen LogP contribution in [0, 0.1) is 0 Å². The number of morpholine rings is 1. The van der Waals surface area contributed by atoms with E-state index < -0.39 is 0 Å². The molecule has 1 amide bonds. The molecule has 1 unspecified atom stereocenters. The molecule has 1 atom stereocenters. The Hall–Kier alpha value is -3.55. The zero-order valence-corrected chi connectivity index (χ0v) is 24.0. The maximum Gasteiger partial charge on any atom is 0.253 e. The molecular weight excluding hydrogens is 504 g/mol. The fourth-order valence-corrected chi connectivity index (χ4v) is 5.76. The van der Waals surface area contributed by atoms with E-state index in [0.29, 0.717) is 36.8 Å². The van der Waals surface area contributed by atoms with E-state index in [1.807, 2.05) is 43.0 Å². The molecule has 0 aromatic heterocycles. The number of benzene rings is 3. The lowest BCUT2D eigenvalue weighted by molar-refractivity contribution is -0.157. The van der Waals surface area contributed by atoms with Gasteiger partial charge in [-0.25, -0.2) is 0 Å². The van der Waals surface area contributed by atoms with Crippen LogP contribution in [0.25, 0.3) is 0 Å². The molecule has 7 nitrogen and oxygen atoms in total. The summed E-state index contributed by atoms with van der Waals surface area (Å²) in [6, 6.07) is 24.5. The molecule has 3 aromatic rings. The van der Waals surface area contributed by atoms with Gasteiger partial charge in [-0.2, -0.15) is 0 Å². The lowest BCUT2D eigenvalue weighted by atomic mass is 9.87. The molecule has 5 rings (SSSR count). The van der Waals surface area contributed by atoms with Crippen molar-refractivity contribution in [2.45, 2.75) is 51.0 Å². The second kappa shape index (κ2) is 12.3. The van der Waals surface area contributed by atoms with Crippen molar-refractivity contribution in [3.63, 3.8) is 0 Å².